The van der Waals surface area contributed by atoms with Crippen LogP contribution in [0.5, 0.6) is 0 Å². The van der Waals surface area contributed by atoms with E-state index in [1.165, 1.54) is 0 Å². The predicted molar refractivity (Wildman–Crippen MR) is 51.7 cm³/mol. The van der Waals surface area contributed by atoms with Crippen molar-refractivity contribution in [2.45, 2.75) is 26.4 Å². The molecule has 0 aromatic heterocycles. The molecule has 0 radical (unpaired) electrons. The molecule has 1 aliphatic rings. The Morgan fingerprint density at radius 1 is 1.69 bits per heavy atom. The van der Waals surface area contributed by atoms with Crippen molar-refractivity contribution in [1.82, 2.24) is 4.90 Å². The zero-order valence-corrected chi connectivity index (χ0v) is 8.84. The van der Waals surface area contributed by atoms with E-state index in [1.807, 2.05) is 13.8 Å². The van der Waals surface area contributed by atoms with Crippen molar-refractivity contribution in [1.29, 1.82) is 0 Å². The van der Waals surface area contributed by atoms with E-state index < -0.39 is 6.10 Å². The van der Waals surface area contributed by atoms with E-state index in [9.17, 15) is 9.90 Å². The number of likely N-dealkylation sites (tertiary alicyclic amines) is 1. The molecular formula is C9H16ClNO2. The number of rotatable bonds is 2. The third-order valence-corrected chi connectivity index (χ3v) is 2.74. The van der Waals surface area contributed by atoms with Crippen molar-refractivity contribution in [3.63, 3.8) is 0 Å². The lowest BCUT2D eigenvalue weighted by Gasteiger charge is -2.20. The van der Waals surface area contributed by atoms with Gasteiger partial charge in [-0.3, -0.25) is 4.79 Å². The lowest BCUT2D eigenvalue weighted by atomic mass is 9.90. The third kappa shape index (κ3) is 2.35. The van der Waals surface area contributed by atoms with Crippen molar-refractivity contribution >= 4 is 17.5 Å². The van der Waals surface area contributed by atoms with Crippen molar-refractivity contribution < 1.29 is 9.90 Å². The third-order valence-electron chi connectivity index (χ3n) is 2.55. The zero-order chi connectivity index (χ0) is 10.1. The molecule has 1 fully saturated rings. The average molecular weight is 206 g/mol. The van der Waals surface area contributed by atoms with E-state index in [1.54, 1.807) is 4.90 Å². The summed E-state index contributed by atoms with van der Waals surface area (Å²) < 4.78 is 0. The summed E-state index contributed by atoms with van der Waals surface area (Å²) in [6.07, 6.45) is -0.0450. The summed E-state index contributed by atoms with van der Waals surface area (Å²) in [5.41, 5.74) is -0.179. The molecule has 1 atom stereocenters. The molecule has 1 amide bonds. The second kappa shape index (κ2) is 3.84. The fourth-order valence-electron chi connectivity index (χ4n) is 1.55. The monoisotopic (exact) mass is 205 g/mol. The summed E-state index contributed by atoms with van der Waals surface area (Å²) >= 11 is 5.47. The largest absolute Gasteiger partial charge is 0.391 e. The molecule has 3 nitrogen and oxygen atoms in total. The van der Waals surface area contributed by atoms with E-state index in [2.05, 4.69) is 0 Å². The molecule has 0 saturated carbocycles. The Kier molecular flexibility index (Phi) is 3.19. The topological polar surface area (TPSA) is 40.5 Å². The number of aliphatic hydroxyl groups excluding tert-OH is 1. The first kappa shape index (κ1) is 10.8. The van der Waals surface area contributed by atoms with Crippen LogP contribution in [0.3, 0.4) is 0 Å². The average Bonchev–Trinajstić information content (AvgIpc) is 2.27. The molecule has 1 N–H and O–H groups in total. The van der Waals surface area contributed by atoms with Gasteiger partial charge in [0.05, 0.1) is 6.10 Å². The number of halogens is 1. The molecule has 1 rings (SSSR count). The summed E-state index contributed by atoms with van der Waals surface area (Å²) in [7, 11) is 0. The van der Waals surface area contributed by atoms with Crippen LogP contribution in [0.1, 0.15) is 20.3 Å². The van der Waals surface area contributed by atoms with Gasteiger partial charge in [-0.25, -0.2) is 0 Å². The minimum Gasteiger partial charge on any atom is -0.391 e. The van der Waals surface area contributed by atoms with Gasteiger partial charge in [0.25, 0.3) is 0 Å². The molecule has 1 unspecified atom stereocenters. The van der Waals surface area contributed by atoms with Crippen LogP contribution in [-0.4, -0.2) is 41.0 Å². The quantitative estimate of drug-likeness (QED) is 0.679. The van der Waals surface area contributed by atoms with Gasteiger partial charge in [0.2, 0.25) is 5.91 Å². The standard InChI is InChI=1S/C9H16ClNO2/c1-9(2)6-11(5-7(9)12)8(13)3-4-10/h7,12H,3-6H2,1-2H3. The van der Waals surface area contributed by atoms with Gasteiger partial charge in [0.15, 0.2) is 0 Å². The number of carbonyl (C=O) groups is 1. The second-order valence-electron chi connectivity index (χ2n) is 4.22. The van der Waals surface area contributed by atoms with Crippen LogP contribution in [0.15, 0.2) is 0 Å². The highest BCUT2D eigenvalue weighted by atomic mass is 35.5. The van der Waals surface area contributed by atoms with Gasteiger partial charge in [0.1, 0.15) is 0 Å². The van der Waals surface area contributed by atoms with Crippen molar-refractivity contribution in [3.8, 4) is 0 Å². The van der Waals surface area contributed by atoms with Gasteiger partial charge in [-0.1, -0.05) is 13.8 Å². The number of hydrogen-bond donors (Lipinski definition) is 1. The molecule has 1 heterocycles. The van der Waals surface area contributed by atoms with E-state index in [4.69, 9.17) is 11.6 Å². The highest BCUT2D eigenvalue weighted by Crippen LogP contribution is 2.29. The Balaban J connectivity index is 2.53. The molecule has 1 saturated heterocycles. The van der Waals surface area contributed by atoms with Gasteiger partial charge in [0, 0.05) is 30.8 Å². The van der Waals surface area contributed by atoms with Gasteiger partial charge in [-0.15, -0.1) is 11.6 Å². The van der Waals surface area contributed by atoms with Crippen LogP contribution < -0.4 is 0 Å². The highest BCUT2D eigenvalue weighted by Gasteiger charge is 2.39. The van der Waals surface area contributed by atoms with Gasteiger partial charge in [-0.2, -0.15) is 0 Å². The first-order chi connectivity index (χ1) is 5.97. The summed E-state index contributed by atoms with van der Waals surface area (Å²) in [5.74, 6) is 0.394. The molecule has 4 heteroatoms. The Hall–Kier alpha value is -0.280. The molecule has 0 aliphatic carbocycles. The lowest BCUT2D eigenvalue weighted by Crippen LogP contribution is -2.30. The first-order valence-corrected chi connectivity index (χ1v) is 5.02. The van der Waals surface area contributed by atoms with Crippen molar-refractivity contribution in [3.05, 3.63) is 0 Å². The molecular weight excluding hydrogens is 190 g/mol. The summed E-state index contributed by atoms with van der Waals surface area (Å²) in [6.45, 7) is 5.00. The minimum absolute atomic E-state index is 0.0413. The molecule has 0 bridgehead atoms. The zero-order valence-electron chi connectivity index (χ0n) is 8.09. The number of amides is 1. The normalized spacial score (nSPS) is 26.5. The Labute approximate surface area is 83.7 Å². The first-order valence-electron chi connectivity index (χ1n) is 4.49. The van der Waals surface area contributed by atoms with Gasteiger partial charge < -0.3 is 10.0 Å². The molecule has 0 aromatic carbocycles. The number of nitrogens with zero attached hydrogens (tertiary/aromatic N) is 1. The number of β-amino-alcohol motifs (C(OH)–C–C–N with tert-alkyl or cyclic N) is 1. The molecule has 0 aromatic rings. The van der Waals surface area contributed by atoms with E-state index in [0.717, 1.165) is 0 Å². The molecule has 1 aliphatic heterocycles. The maximum atomic E-state index is 11.4. The predicted octanol–water partition coefficient (Wildman–Crippen LogP) is 0.845. The fraction of sp³-hybridized carbons (Fsp3) is 0.889. The van der Waals surface area contributed by atoms with Crippen LogP contribution >= 0.6 is 11.6 Å². The number of alkyl halides is 1. The summed E-state index contributed by atoms with van der Waals surface area (Å²) in [6, 6.07) is 0. The Morgan fingerprint density at radius 3 is 2.69 bits per heavy atom. The maximum Gasteiger partial charge on any atom is 0.223 e. The van der Waals surface area contributed by atoms with Crippen LogP contribution in [-0.2, 0) is 4.79 Å². The fourth-order valence-corrected chi connectivity index (χ4v) is 1.71. The van der Waals surface area contributed by atoms with Crippen LogP contribution in [0.2, 0.25) is 0 Å². The van der Waals surface area contributed by atoms with Crippen molar-refractivity contribution in [2.24, 2.45) is 5.41 Å². The Bertz CT molecular complexity index is 206. The smallest absolute Gasteiger partial charge is 0.223 e. The van der Waals surface area contributed by atoms with E-state index in [0.29, 0.717) is 25.4 Å². The minimum atomic E-state index is -0.410. The lowest BCUT2D eigenvalue weighted by molar-refractivity contribution is -0.130. The van der Waals surface area contributed by atoms with E-state index >= 15 is 0 Å². The number of hydrogen-bond acceptors (Lipinski definition) is 2. The van der Waals surface area contributed by atoms with Crippen LogP contribution in [0.25, 0.3) is 0 Å². The van der Waals surface area contributed by atoms with Crippen LogP contribution in [0.4, 0.5) is 0 Å². The molecule has 76 valence electrons. The highest BCUT2D eigenvalue weighted by molar-refractivity contribution is 6.18. The van der Waals surface area contributed by atoms with E-state index in [-0.39, 0.29) is 11.3 Å². The molecule has 0 spiro atoms. The SMILES string of the molecule is CC1(C)CN(C(=O)CCCl)CC1O. The molecule has 13 heavy (non-hydrogen) atoms. The number of carbonyl (C=O) groups excluding carboxylic acids is 1. The van der Waals surface area contributed by atoms with Gasteiger partial charge in [-0.05, 0) is 0 Å². The summed E-state index contributed by atoms with van der Waals surface area (Å²) in [4.78, 5) is 13.1. The Morgan fingerprint density at radius 2 is 2.31 bits per heavy atom. The summed E-state index contributed by atoms with van der Waals surface area (Å²) in [5, 5.41) is 9.62. The number of aliphatic hydroxyl groups is 1. The van der Waals surface area contributed by atoms with Crippen molar-refractivity contribution in [2.75, 3.05) is 19.0 Å². The van der Waals surface area contributed by atoms with Gasteiger partial charge >= 0.3 is 0 Å². The maximum absolute atomic E-state index is 11.4. The second-order valence-corrected chi connectivity index (χ2v) is 4.60. The van der Waals surface area contributed by atoms with Crippen LogP contribution in [0, 0.1) is 5.41 Å².